The number of carbonyl (C=O) groups is 2. The molecule has 1 fully saturated rings. The fraction of sp³-hybridized carbons (Fsp3) is 0.385. The Morgan fingerprint density at radius 3 is 2.42 bits per heavy atom. The predicted octanol–water partition coefficient (Wildman–Crippen LogP) is 0.174. The van der Waals surface area contributed by atoms with Gasteiger partial charge in [0.15, 0.2) is 0 Å². The van der Waals surface area contributed by atoms with Gasteiger partial charge >= 0.3 is 0 Å². The Labute approximate surface area is 118 Å². The van der Waals surface area contributed by atoms with Crippen molar-refractivity contribution in [2.24, 2.45) is 5.92 Å². The van der Waals surface area contributed by atoms with Gasteiger partial charge in [-0.1, -0.05) is 18.2 Å². The van der Waals surface area contributed by atoms with Crippen LogP contribution < -0.4 is 16.0 Å². The van der Waals surface area contributed by atoms with E-state index in [1.807, 2.05) is 6.07 Å². The second-order valence-corrected chi connectivity index (χ2v) is 4.38. The Hall–Kier alpha value is -1.59. The van der Waals surface area contributed by atoms with Crippen molar-refractivity contribution in [1.29, 1.82) is 0 Å². The van der Waals surface area contributed by atoms with Gasteiger partial charge in [-0.3, -0.25) is 9.59 Å². The zero-order chi connectivity index (χ0) is 12.8. The number of halogens is 1. The van der Waals surface area contributed by atoms with Crippen LogP contribution in [0.3, 0.4) is 0 Å². The van der Waals surface area contributed by atoms with Crippen LogP contribution in [-0.2, 0) is 4.79 Å². The monoisotopic (exact) mass is 283 g/mol. The van der Waals surface area contributed by atoms with E-state index in [2.05, 4.69) is 16.0 Å². The van der Waals surface area contributed by atoms with E-state index in [1.54, 1.807) is 24.3 Å². The lowest BCUT2D eigenvalue weighted by Gasteiger charge is -2.27. The van der Waals surface area contributed by atoms with E-state index in [9.17, 15) is 9.59 Å². The van der Waals surface area contributed by atoms with Crippen molar-refractivity contribution in [2.45, 2.75) is 0 Å². The van der Waals surface area contributed by atoms with Crippen LogP contribution >= 0.6 is 12.4 Å². The molecular formula is C13H18ClN3O2. The highest BCUT2D eigenvalue weighted by atomic mass is 35.5. The van der Waals surface area contributed by atoms with Crippen molar-refractivity contribution in [3.63, 3.8) is 0 Å². The summed E-state index contributed by atoms with van der Waals surface area (Å²) in [5.74, 6) is 0.154. The molecule has 1 aliphatic heterocycles. The van der Waals surface area contributed by atoms with E-state index in [1.165, 1.54) is 0 Å². The maximum absolute atomic E-state index is 11.7. The smallest absolute Gasteiger partial charge is 0.251 e. The van der Waals surface area contributed by atoms with E-state index in [0.717, 1.165) is 13.1 Å². The molecule has 2 rings (SSSR count). The summed E-state index contributed by atoms with van der Waals surface area (Å²) in [7, 11) is 0. The van der Waals surface area contributed by atoms with E-state index >= 15 is 0 Å². The van der Waals surface area contributed by atoms with Gasteiger partial charge in [0, 0.05) is 31.1 Å². The molecule has 6 heteroatoms. The third kappa shape index (κ3) is 4.89. The summed E-state index contributed by atoms with van der Waals surface area (Å²) in [6.45, 7) is 2.61. The molecule has 1 heterocycles. The summed E-state index contributed by atoms with van der Waals surface area (Å²) in [4.78, 5) is 23.1. The third-order valence-electron chi connectivity index (χ3n) is 2.90. The van der Waals surface area contributed by atoms with Crippen LogP contribution in [0, 0.1) is 5.92 Å². The normalized spacial score (nSPS) is 13.9. The van der Waals surface area contributed by atoms with Gasteiger partial charge in [0.2, 0.25) is 5.91 Å². The first-order valence-electron chi connectivity index (χ1n) is 6.06. The minimum atomic E-state index is -0.226. The Morgan fingerprint density at radius 2 is 1.84 bits per heavy atom. The summed E-state index contributed by atoms with van der Waals surface area (Å²) >= 11 is 0. The number of hydrogen-bond acceptors (Lipinski definition) is 3. The lowest BCUT2D eigenvalue weighted by atomic mass is 10.0. The number of carbonyl (C=O) groups excluding carboxylic acids is 2. The summed E-state index contributed by atoms with van der Waals surface area (Å²) in [6, 6.07) is 8.85. The SMILES string of the molecule is Cl.O=C(CNC(=O)c1ccccc1)NCC1CNC1. The van der Waals surface area contributed by atoms with Gasteiger partial charge < -0.3 is 16.0 Å². The molecule has 3 N–H and O–H groups in total. The molecule has 0 atom stereocenters. The molecule has 104 valence electrons. The molecule has 0 aliphatic carbocycles. The first-order chi connectivity index (χ1) is 8.75. The Bertz CT molecular complexity index is 421. The first kappa shape index (κ1) is 15.5. The van der Waals surface area contributed by atoms with Gasteiger partial charge in [0.1, 0.15) is 0 Å². The topological polar surface area (TPSA) is 70.2 Å². The maximum Gasteiger partial charge on any atom is 0.251 e. The molecule has 1 aromatic carbocycles. The first-order valence-corrected chi connectivity index (χ1v) is 6.06. The predicted molar refractivity (Wildman–Crippen MR) is 75.4 cm³/mol. The molecule has 1 saturated heterocycles. The Kier molecular flexibility index (Phi) is 6.32. The van der Waals surface area contributed by atoms with Crippen molar-refractivity contribution in [3.8, 4) is 0 Å². The number of benzene rings is 1. The molecular weight excluding hydrogens is 266 g/mol. The van der Waals surface area contributed by atoms with Crippen molar-refractivity contribution in [1.82, 2.24) is 16.0 Å². The molecule has 1 aliphatic rings. The molecule has 19 heavy (non-hydrogen) atoms. The number of hydrogen-bond donors (Lipinski definition) is 3. The van der Waals surface area contributed by atoms with Gasteiger partial charge in [-0.25, -0.2) is 0 Å². The van der Waals surface area contributed by atoms with Crippen LogP contribution in [0.4, 0.5) is 0 Å². The minimum absolute atomic E-state index is 0. The van der Waals surface area contributed by atoms with Crippen molar-refractivity contribution in [2.75, 3.05) is 26.2 Å². The molecule has 5 nitrogen and oxygen atoms in total. The largest absolute Gasteiger partial charge is 0.354 e. The Morgan fingerprint density at radius 1 is 1.16 bits per heavy atom. The molecule has 0 saturated carbocycles. The minimum Gasteiger partial charge on any atom is -0.354 e. The van der Waals surface area contributed by atoms with Crippen molar-refractivity contribution in [3.05, 3.63) is 35.9 Å². The average molecular weight is 284 g/mol. The molecule has 0 spiro atoms. The van der Waals surface area contributed by atoms with Gasteiger partial charge in [0.25, 0.3) is 5.91 Å². The summed E-state index contributed by atoms with van der Waals surface area (Å²) in [6.07, 6.45) is 0. The fourth-order valence-corrected chi connectivity index (χ4v) is 1.67. The zero-order valence-electron chi connectivity index (χ0n) is 10.5. The van der Waals surface area contributed by atoms with Crippen LogP contribution in [0.1, 0.15) is 10.4 Å². The van der Waals surface area contributed by atoms with Crippen LogP contribution in [0.15, 0.2) is 30.3 Å². The van der Waals surface area contributed by atoms with E-state index in [-0.39, 0.29) is 30.8 Å². The fourth-order valence-electron chi connectivity index (χ4n) is 1.67. The van der Waals surface area contributed by atoms with Gasteiger partial charge in [-0.05, 0) is 12.1 Å². The van der Waals surface area contributed by atoms with Gasteiger partial charge in [0.05, 0.1) is 6.54 Å². The van der Waals surface area contributed by atoms with Gasteiger partial charge in [-0.15, -0.1) is 12.4 Å². The average Bonchev–Trinajstić information content (AvgIpc) is 2.35. The second kappa shape index (κ2) is 7.76. The van der Waals surface area contributed by atoms with E-state index in [0.29, 0.717) is 18.0 Å². The van der Waals surface area contributed by atoms with Crippen LogP contribution in [-0.4, -0.2) is 38.0 Å². The molecule has 0 aromatic heterocycles. The standard InChI is InChI=1S/C13H17N3O2.ClH/c17-12(15-8-10-6-14-7-10)9-16-13(18)11-4-2-1-3-5-11;/h1-5,10,14H,6-9H2,(H,15,17)(H,16,18);1H. The number of nitrogens with one attached hydrogen (secondary N) is 3. The highest BCUT2D eigenvalue weighted by molar-refractivity contribution is 5.96. The van der Waals surface area contributed by atoms with Crippen LogP contribution in [0.25, 0.3) is 0 Å². The summed E-state index contributed by atoms with van der Waals surface area (Å²) < 4.78 is 0. The summed E-state index contributed by atoms with van der Waals surface area (Å²) in [5, 5.41) is 8.53. The summed E-state index contributed by atoms with van der Waals surface area (Å²) in [5.41, 5.74) is 0.563. The van der Waals surface area contributed by atoms with E-state index in [4.69, 9.17) is 0 Å². The number of rotatable bonds is 5. The van der Waals surface area contributed by atoms with Crippen LogP contribution in [0.5, 0.6) is 0 Å². The van der Waals surface area contributed by atoms with Crippen molar-refractivity contribution >= 4 is 24.2 Å². The van der Waals surface area contributed by atoms with Crippen LogP contribution in [0.2, 0.25) is 0 Å². The van der Waals surface area contributed by atoms with E-state index < -0.39 is 0 Å². The molecule has 0 bridgehead atoms. The zero-order valence-corrected chi connectivity index (χ0v) is 11.3. The van der Waals surface area contributed by atoms with Crippen molar-refractivity contribution < 1.29 is 9.59 Å². The lowest BCUT2D eigenvalue weighted by molar-refractivity contribution is -0.120. The highest BCUT2D eigenvalue weighted by Crippen LogP contribution is 1.99. The lowest BCUT2D eigenvalue weighted by Crippen LogP contribution is -2.49. The molecule has 2 amide bonds. The highest BCUT2D eigenvalue weighted by Gasteiger charge is 2.17. The molecule has 1 aromatic rings. The second-order valence-electron chi connectivity index (χ2n) is 4.38. The molecule has 0 unspecified atom stereocenters. The number of amides is 2. The quantitative estimate of drug-likeness (QED) is 0.722. The third-order valence-corrected chi connectivity index (χ3v) is 2.90. The maximum atomic E-state index is 11.7. The molecule has 0 radical (unpaired) electrons. The van der Waals surface area contributed by atoms with Gasteiger partial charge in [-0.2, -0.15) is 0 Å². The Balaban J connectivity index is 0.00000180.